The van der Waals surface area contributed by atoms with Gasteiger partial charge in [0.05, 0.1) is 37.0 Å². The van der Waals surface area contributed by atoms with Gasteiger partial charge in [0.2, 0.25) is 0 Å². The summed E-state index contributed by atoms with van der Waals surface area (Å²) in [6.07, 6.45) is 0.759. The second kappa shape index (κ2) is 8.50. The first-order chi connectivity index (χ1) is 11.7. The van der Waals surface area contributed by atoms with E-state index in [1.54, 1.807) is 0 Å². The highest BCUT2D eigenvalue weighted by molar-refractivity contribution is 6.32. The van der Waals surface area contributed by atoms with Crippen molar-refractivity contribution in [2.45, 2.75) is 32.0 Å². The molecule has 2 aliphatic rings. The Morgan fingerprint density at radius 2 is 2.12 bits per heavy atom. The molecule has 0 aromatic heterocycles. The van der Waals surface area contributed by atoms with Gasteiger partial charge in [-0.15, -0.1) is 0 Å². The van der Waals surface area contributed by atoms with E-state index in [9.17, 15) is 5.11 Å². The van der Waals surface area contributed by atoms with E-state index in [4.69, 9.17) is 21.1 Å². The van der Waals surface area contributed by atoms with Crippen LogP contribution in [0.25, 0.3) is 0 Å². The first kappa shape index (κ1) is 18.0. The number of aliphatic hydroxyl groups excluding tert-OH is 1. The second-order valence-electron chi connectivity index (χ2n) is 6.54. The molecule has 0 radical (unpaired) electrons. The molecule has 5 nitrogen and oxygen atoms in total. The van der Waals surface area contributed by atoms with Crippen molar-refractivity contribution in [3.63, 3.8) is 0 Å². The summed E-state index contributed by atoms with van der Waals surface area (Å²) in [5.41, 5.74) is 1.21. The predicted octanol–water partition coefficient (Wildman–Crippen LogP) is 2.01. The zero-order valence-corrected chi connectivity index (χ0v) is 15.0. The van der Waals surface area contributed by atoms with Crippen LogP contribution in [0.2, 0.25) is 5.02 Å². The van der Waals surface area contributed by atoms with Gasteiger partial charge < -0.3 is 14.6 Å². The van der Waals surface area contributed by atoms with Gasteiger partial charge in [-0.3, -0.25) is 9.80 Å². The lowest BCUT2D eigenvalue weighted by Crippen LogP contribution is -2.44. The third-order valence-electron chi connectivity index (χ3n) is 4.82. The van der Waals surface area contributed by atoms with Crippen molar-refractivity contribution in [1.29, 1.82) is 0 Å². The molecule has 1 aromatic rings. The Balaban J connectivity index is 1.55. The summed E-state index contributed by atoms with van der Waals surface area (Å²) in [5.74, 6) is 0.750. The van der Waals surface area contributed by atoms with E-state index in [1.807, 2.05) is 19.1 Å². The van der Waals surface area contributed by atoms with E-state index < -0.39 is 0 Å². The normalized spacial score (nSPS) is 26.5. The van der Waals surface area contributed by atoms with Crippen LogP contribution < -0.4 is 4.74 Å². The van der Waals surface area contributed by atoms with Gasteiger partial charge in [-0.05, 0) is 44.1 Å². The molecule has 2 atom stereocenters. The van der Waals surface area contributed by atoms with Crippen molar-refractivity contribution in [2.75, 3.05) is 46.0 Å². The van der Waals surface area contributed by atoms with E-state index in [1.165, 1.54) is 5.56 Å². The van der Waals surface area contributed by atoms with Gasteiger partial charge in [-0.1, -0.05) is 17.7 Å². The van der Waals surface area contributed by atoms with Gasteiger partial charge >= 0.3 is 0 Å². The SMILES string of the molecule is CCOc1ccc(CN2CCCN([C@H]3COC[C@@H]3O)CC2)cc1Cl. The maximum Gasteiger partial charge on any atom is 0.137 e. The molecule has 134 valence electrons. The number of nitrogens with zero attached hydrogens (tertiary/aromatic N) is 2. The summed E-state index contributed by atoms with van der Waals surface area (Å²) in [6, 6.07) is 6.21. The Labute approximate surface area is 149 Å². The summed E-state index contributed by atoms with van der Waals surface area (Å²) in [6.45, 7) is 8.63. The molecule has 0 aliphatic carbocycles. The van der Waals surface area contributed by atoms with E-state index in [0.29, 0.717) is 24.8 Å². The standard InChI is InChI=1S/C18H27ClN2O3/c1-2-24-18-5-4-14(10-15(18)19)11-20-6-3-7-21(9-8-20)16-12-23-13-17(16)22/h4-5,10,16-17,22H,2-3,6-9,11-13H2,1H3/t16-,17-/m0/s1. The molecule has 2 heterocycles. The van der Waals surface area contributed by atoms with Crippen LogP contribution in [-0.2, 0) is 11.3 Å². The fourth-order valence-electron chi connectivity index (χ4n) is 3.53. The van der Waals surface area contributed by atoms with Crippen molar-refractivity contribution in [3.8, 4) is 5.75 Å². The first-order valence-electron chi connectivity index (χ1n) is 8.81. The lowest BCUT2D eigenvalue weighted by molar-refractivity contribution is 0.0837. The van der Waals surface area contributed by atoms with Crippen LogP contribution in [-0.4, -0.2) is 73.1 Å². The van der Waals surface area contributed by atoms with E-state index in [-0.39, 0.29) is 12.1 Å². The minimum absolute atomic E-state index is 0.157. The highest BCUT2D eigenvalue weighted by Crippen LogP contribution is 2.26. The Morgan fingerprint density at radius 1 is 1.25 bits per heavy atom. The van der Waals surface area contributed by atoms with Crippen molar-refractivity contribution < 1.29 is 14.6 Å². The molecule has 2 saturated heterocycles. The molecule has 0 saturated carbocycles. The molecule has 1 N–H and O–H groups in total. The van der Waals surface area contributed by atoms with Crippen molar-refractivity contribution in [1.82, 2.24) is 9.80 Å². The van der Waals surface area contributed by atoms with Gasteiger partial charge in [-0.2, -0.15) is 0 Å². The second-order valence-corrected chi connectivity index (χ2v) is 6.94. The predicted molar refractivity (Wildman–Crippen MR) is 94.7 cm³/mol. The molecule has 3 rings (SSSR count). The molecule has 0 spiro atoms. The van der Waals surface area contributed by atoms with Crippen LogP contribution in [0.15, 0.2) is 18.2 Å². The molecule has 2 fully saturated rings. The molecule has 6 heteroatoms. The Bertz CT molecular complexity index is 543. The quantitative estimate of drug-likeness (QED) is 0.876. The molecule has 24 heavy (non-hydrogen) atoms. The Morgan fingerprint density at radius 3 is 2.83 bits per heavy atom. The Hall–Kier alpha value is -0.850. The zero-order valence-electron chi connectivity index (χ0n) is 14.3. The van der Waals surface area contributed by atoms with E-state index in [0.717, 1.165) is 44.9 Å². The van der Waals surface area contributed by atoms with Crippen LogP contribution >= 0.6 is 11.6 Å². The maximum absolute atomic E-state index is 10.0. The van der Waals surface area contributed by atoms with Crippen LogP contribution in [0.3, 0.4) is 0 Å². The number of rotatable bonds is 5. The van der Waals surface area contributed by atoms with Gasteiger partial charge in [0.1, 0.15) is 5.75 Å². The van der Waals surface area contributed by atoms with Crippen LogP contribution in [0.5, 0.6) is 5.75 Å². The largest absolute Gasteiger partial charge is 0.492 e. The summed E-state index contributed by atoms with van der Waals surface area (Å²) in [5, 5.41) is 10.7. The number of halogens is 1. The van der Waals surface area contributed by atoms with E-state index in [2.05, 4.69) is 15.9 Å². The minimum Gasteiger partial charge on any atom is -0.492 e. The van der Waals surface area contributed by atoms with Crippen LogP contribution in [0.4, 0.5) is 0 Å². The lowest BCUT2D eigenvalue weighted by atomic mass is 10.2. The topological polar surface area (TPSA) is 45.2 Å². The third kappa shape index (κ3) is 4.41. The van der Waals surface area contributed by atoms with Gasteiger partial charge in [0, 0.05) is 19.6 Å². The number of hydrogen-bond acceptors (Lipinski definition) is 5. The average molecular weight is 355 g/mol. The van der Waals surface area contributed by atoms with Gasteiger partial charge in [-0.25, -0.2) is 0 Å². The number of benzene rings is 1. The van der Waals surface area contributed by atoms with Crippen molar-refractivity contribution in [2.24, 2.45) is 0 Å². The highest BCUT2D eigenvalue weighted by Gasteiger charge is 2.32. The Kier molecular flexibility index (Phi) is 6.36. The maximum atomic E-state index is 10.0. The van der Waals surface area contributed by atoms with Crippen LogP contribution in [0, 0.1) is 0 Å². The zero-order chi connectivity index (χ0) is 16.9. The molecule has 0 unspecified atom stereocenters. The molecular formula is C18H27ClN2O3. The first-order valence-corrected chi connectivity index (χ1v) is 9.18. The molecule has 0 amide bonds. The highest BCUT2D eigenvalue weighted by atomic mass is 35.5. The number of hydrogen-bond donors (Lipinski definition) is 1. The molecular weight excluding hydrogens is 328 g/mol. The number of ether oxygens (including phenoxy) is 2. The minimum atomic E-state index is -0.346. The number of aliphatic hydroxyl groups is 1. The van der Waals surface area contributed by atoms with Crippen molar-refractivity contribution >= 4 is 11.6 Å². The van der Waals surface area contributed by atoms with Gasteiger partial charge in [0.15, 0.2) is 0 Å². The third-order valence-corrected chi connectivity index (χ3v) is 5.11. The summed E-state index contributed by atoms with van der Waals surface area (Å²) < 4.78 is 10.9. The van der Waals surface area contributed by atoms with E-state index >= 15 is 0 Å². The van der Waals surface area contributed by atoms with Gasteiger partial charge in [0.25, 0.3) is 0 Å². The molecule has 0 bridgehead atoms. The smallest absolute Gasteiger partial charge is 0.137 e. The monoisotopic (exact) mass is 354 g/mol. The average Bonchev–Trinajstić information content (AvgIpc) is 2.86. The summed E-state index contributed by atoms with van der Waals surface area (Å²) in [7, 11) is 0. The fourth-order valence-corrected chi connectivity index (χ4v) is 3.79. The molecule has 2 aliphatic heterocycles. The molecule has 1 aromatic carbocycles. The summed E-state index contributed by atoms with van der Waals surface area (Å²) >= 11 is 6.29. The summed E-state index contributed by atoms with van der Waals surface area (Å²) in [4.78, 5) is 4.83. The van der Waals surface area contributed by atoms with Crippen LogP contribution in [0.1, 0.15) is 18.9 Å². The van der Waals surface area contributed by atoms with Crippen molar-refractivity contribution in [3.05, 3.63) is 28.8 Å². The lowest BCUT2D eigenvalue weighted by Gasteiger charge is -2.28. The fraction of sp³-hybridized carbons (Fsp3) is 0.667.